The molecule has 0 aliphatic carbocycles. The van der Waals surface area contributed by atoms with Crippen LogP contribution in [-0.2, 0) is 4.79 Å². The van der Waals surface area contributed by atoms with Crippen molar-refractivity contribution < 1.29 is 13.6 Å². The summed E-state index contributed by atoms with van der Waals surface area (Å²) in [6.07, 6.45) is 1.30. The molecule has 3 rings (SSSR count). The molecule has 134 valence electrons. The third-order valence-electron chi connectivity index (χ3n) is 3.61. The third-order valence-corrected chi connectivity index (χ3v) is 4.24. The maximum absolute atomic E-state index is 13.0. The summed E-state index contributed by atoms with van der Waals surface area (Å²) >= 11 is 12.0. The molecule has 0 aliphatic rings. The van der Waals surface area contributed by atoms with Crippen LogP contribution in [0.2, 0.25) is 10.0 Å². The molecule has 0 fully saturated rings. The Morgan fingerprint density at radius 3 is 2.37 bits per heavy atom. The molecule has 0 saturated carbocycles. The molecular weight excluding hydrogens is 390 g/mol. The van der Waals surface area contributed by atoms with Gasteiger partial charge in [-0.1, -0.05) is 29.3 Å². The second-order valence-electron chi connectivity index (χ2n) is 5.43. The van der Waals surface area contributed by atoms with Crippen molar-refractivity contribution in [1.82, 2.24) is 0 Å². The molecule has 0 unspecified atom stereocenters. The number of halogens is 3. The lowest BCUT2D eigenvalue weighted by Gasteiger charge is -2.08. The highest BCUT2D eigenvalue weighted by Crippen LogP contribution is 2.30. The van der Waals surface area contributed by atoms with E-state index in [0.717, 1.165) is 0 Å². The summed E-state index contributed by atoms with van der Waals surface area (Å²) in [6, 6.07) is 15.6. The Bertz CT molecular complexity index is 1050. The molecule has 0 aliphatic heterocycles. The smallest absolute Gasteiger partial charge is 0.266 e. The molecule has 1 N–H and O–H groups in total. The second-order valence-corrected chi connectivity index (χ2v) is 6.24. The lowest BCUT2D eigenvalue weighted by atomic mass is 10.2. The lowest BCUT2D eigenvalue weighted by Crippen LogP contribution is -2.14. The zero-order valence-corrected chi connectivity index (χ0v) is 15.2. The Hall–Kier alpha value is -3.07. The first-order valence-electron chi connectivity index (χ1n) is 7.71. The number of carbonyl (C=O) groups excluding carboxylic acids is 1. The van der Waals surface area contributed by atoms with E-state index in [-0.39, 0.29) is 27.1 Å². The first-order chi connectivity index (χ1) is 13.0. The van der Waals surface area contributed by atoms with Gasteiger partial charge in [0.1, 0.15) is 29.0 Å². The fourth-order valence-corrected chi connectivity index (χ4v) is 2.78. The number of carbonyl (C=O) groups is 1. The average molecular weight is 401 g/mol. The zero-order chi connectivity index (χ0) is 19.4. The normalized spacial score (nSPS) is 11.1. The van der Waals surface area contributed by atoms with Gasteiger partial charge in [0.05, 0.1) is 15.7 Å². The van der Waals surface area contributed by atoms with Gasteiger partial charge in [-0.15, -0.1) is 0 Å². The third kappa shape index (κ3) is 4.37. The van der Waals surface area contributed by atoms with Gasteiger partial charge in [0, 0.05) is 11.6 Å². The molecule has 1 aromatic heterocycles. The van der Waals surface area contributed by atoms with Crippen LogP contribution in [-0.4, -0.2) is 5.91 Å². The topological polar surface area (TPSA) is 66.0 Å². The van der Waals surface area contributed by atoms with Crippen molar-refractivity contribution in [1.29, 1.82) is 5.26 Å². The second kappa shape index (κ2) is 8.09. The molecule has 0 atom stereocenters. The van der Waals surface area contributed by atoms with Crippen LogP contribution < -0.4 is 5.32 Å². The highest BCUT2D eigenvalue weighted by atomic mass is 35.5. The van der Waals surface area contributed by atoms with Crippen molar-refractivity contribution in [2.45, 2.75) is 0 Å². The first-order valence-corrected chi connectivity index (χ1v) is 8.46. The summed E-state index contributed by atoms with van der Waals surface area (Å²) in [4.78, 5) is 12.4. The van der Waals surface area contributed by atoms with E-state index in [1.54, 1.807) is 42.5 Å². The van der Waals surface area contributed by atoms with Crippen LogP contribution in [0.5, 0.6) is 0 Å². The van der Waals surface area contributed by atoms with Gasteiger partial charge in [0.25, 0.3) is 5.91 Å². The van der Waals surface area contributed by atoms with E-state index < -0.39 is 5.91 Å². The number of benzene rings is 2. The maximum Gasteiger partial charge on any atom is 0.266 e. The van der Waals surface area contributed by atoms with Crippen LogP contribution in [0.4, 0.5) is 10.1 Å². The Morgan fingerprint density at radius 1 is 1.07 bits per heavy atom. The predicted octanol–water partition coefficient (Wildman–Crippen LogP) is 5.94. The van der Waals surface area contributed by atoms with Gasteiger partial charge in [-0.05, 0) is 48.5 Å². The Kier molecular flexibility index (Phi) is 5.60. The molecule has 1 amide bonds. The number of para-hydroxylation sites is 1. The number of nitriles is 1. The number of rotatable bonds is 4. The van der Waals surface area contributed by atoms with Gasteiger partial charge in [-0.3, -0.25) is 4.79 Å². The molecule has 0 spiro atoms. The SMILES string of the molecule is N#C/C(=C\c1ccc(-c2ccc(F)cc2)o1)C(=O)Nc1c(Cl)cccc1Cl. The highest BCUT2D eigenvalue weighted by molar-refractivity contribution is 6.40. The van der Waals surface area contributed by atoms with E-state index in [0.29, 0.717) is 17.1 Å². The molecule has 7 heteroatoms. The monoisotopic (exact) mass is 400 g/mol. The first kappa shape index (κ1) is 18.7. The molecule has 1 heterocycles. The lowest BCUT2D eigenvalue weighted by molar-refractivity contribution is -0.112. The summed E-state index contributed by atoms with van der Waals surface area (Å²) in [7, 11) is 0. The largest absolute Gasteiger partial charge is 0.457 e. The molecule has 0 saturated heterocycles. The number of anilines is 1. The number of nitrogens with zero attached hydrogens (tertiary/aromatic N) is 1. The summed E-state index contributed by atoms with van der Waals surface area (Å²) in [5, 5.41) is 12.3. The number of furan rings is 1. The molecule has 0 radical (unpaired) electrons. The molecule has 3 aromatic rings. The van der Waals surface area contributed by atoms with Gasteiger partial charge in [0.2, 0.25) is 0 Å². The van der Waals surface area contributed by atoms with Gasteiger partial charge < -0.3 is 9.73 Å². The van der Waals surface area contributed by atoms with E-state index in [9.17, 15) is 14.4 Å². The van der Waals surface area contributed by atoms with E-state index in [2.05, 4.69) is 5.32 Å². The van der Waals surface area contributed by atoms with Gasteiger partial charge in [0.15, 0.2) is 0 Å². The minimum Gasteiger partial charge on any atom is -0.457 e. The summed E-state index contributed by atoms with van der Waals surface area (Å²) in [5.74, 6) is -0.251. The summed E-state index contributed by atoms with van der Waals surface area (Å²) < 4.78 is 18.6. The molecule has 0 bridgehead atoms. The van der Waals surface area contributed by atoms with E-state index in [1.807, 2.05) is 6.07 Å². The fraction of sp³-hybridized carbons (Fsp3) is 0. The van der Waals surface area contributed by atoms with E-state index in [1.165, 1.54) is 18.2 Å². The van der Waals surface area contributed by atoms with Crippen molar-refractivity contribution >= 4 is 40.9 Å². The Balaban J connectivity index is 1.83. The zero-order valence-electron chi connectivity index (χ0n) is 13.7. The van der Waals surface area contributed by atoms with Gasteiger partial charge in [-0.2, -0.15) is 5.26 Å². The molecule has 27 heavy (non-hydrogen) atoms. The average Bonchev–Trinajstić information content (AvgIpc) is 3.12. The molecule has 4 nitrogen and oxygen atoms in total. The number of hydrogen-bond donors (Lipinski definition) is 1. The minimum absolute atomic E-state index is 0.189. The van der Waals surface area contributed by atoms with Crippen molar-refractivity contribution in [2.75, 3.05) is 5.32 Å². The minimum atomic E-state index is -0.674. The summed E-state index contributed by atoms with van der Waals surface area (Å²) in [5.41, 5.74) is 0.700. The van der Waals surface area contributed by atoms with Crippen LogP contribution >= 0.6 is 23.2 Å². The molecular formula is C20H11Cl2FN2O2. The van der Waals surface area contributed by atoms with Gasteiger partial charge >= 0.3 is 0 Å². The van der Waals surface area contributed by atoms with Crippen LogP contribution in [0, 0.1) is 17.1 Å². The van der Waals surface area contributed by atoms with Crippen molar-refractivity contribution in [3.63, 3.8) is 0 Å². The van der Waals surface area contributed by atoms with E-state index in [4.69, 9.17) is 27.6 Å². The maximum atomic E-state index is 13.0. The van der Waals surface area contributed by atoms with Crippen molar-refractivity contribution in [3.05, 3.63) is 81.8 Å². The van der Waals surface area contributed by atoms with E-state index >= 15 is 0 Å². The summed E-state index contributed by atoms with van der Waals surface area (Å²) in [6.45, 7) is 0. The Morgan fingerprint density at radius 2 is 1.74 bits per heavy atom. The number of amides is 1. The van der Waals surface area contributed by atoms with Crippen LogP contribution in [0.3, 0.4) is 0 Å². The van der Waals surface area contributed by atoms with Crippen LogP contribution in [0.1, 0.15) is 5.76 Å². The number of nitrogens with one attached hydrogen (secondary N) is 1. The van der Waals surface area contributed by atoms with Crippen molar-refractivity contribution in [3.8, 4) is 17.4 Å². The van der Waals surface area contributed by atoms with Gasteiger partial charge in [-0.25, -0.2) is 4.39 Å². The predicted molar refractivity (Wildman–Crippen MR) is 103 cm³/mol. The highest BCUT2D eigenvalue weighted by Gasteiger charge is 2.15. The Labute approximate surface area is 164 Å². The standard InChI is InChI=1S/C20H11Cl2FN2O2/c21-16-2-1-3-17(22)19(16)25-20(26)13(11-24)10-15-8-9-18(27-15)12-4-6-14(23)7-5-12/h1-10H,(H,25,26)/b13-10+. The van der Waals surface area contributed by atoms with Crippen molar-refractivity contribution in [2.24, 2.45) is 0 Å². The molecule has 2 aromatic carbocycles. The quantitative estimate of drug-likeness (QED) is 0.435. The van der Waals surface area contributed by atoms with Crippen LogP contribution in [0.25, 0.3) is 17.4 Å². The fourth-order valence-electron chi connectivity index (χ4n) is 2.29. The number of hydrogen-bond acceptors (Lipinski definition) is 3. The van der Waals surface area contributed by atoms with Crippen LogP contribution in [0.15, 0.2) is 64.6 Å².